The lowest BCUT2D eigenvalue weighted by Crippen LogP contribution is -2.09. The molecule has 2 aromatic rings. The van der Waals surface area contributed by atoms with E-state index in [1.165, 1.54) is 11.3 Å². The van der Waals surface area contributed by atoms with Crippen molar-refractivity contribution in [2.75, 3.05) is 5.32 Å². The van der Waals surface area contributed by atoms with Gasteiger partial charge in [-0.1, -0.05) is 0 Å². The van der Waals surface area contributed by atoms with Crippen LogP contribution < -0.4 is 5.32 Å². The van der Waals surface area contributed by atoms with Crippen LogP contribution in [0.15, 0.2) is 18.5 Å². The van der Waals surface area contributed by atoms with Gasteiger partial charge in [-0.05, 0) is 13.8 Å². The second kappa shape index (κ2) is 4.75. The van der Waals surface area contributed by atoms with Crippen LogP contribution >= 0.6 is 11.3 Å². The molecule has 0 spiro atoms. The van der Waals surface area contributed by atoms with E-state index in [1.54, 1.807) is 6.20 Å². The zero-order valence-electron chi connectivity index (χ0n) is 9.37. The zero-order valence-corrected chi connectivity index (χ0v) is 10.2. The Morgan fingerprint density at radius 3 is 2.65 bits per heavy atom. The topological polar surface area (TPSA) is 37.8 Å². The number of pyridine rings is 1. The van der Waals surface area contributed by atoms with Crippen LogP contribution in [0.4, 0.5) is 14.6 Å². The van der Waals surface area contributed by atoms with Crippen molar-refractivity contribution in [3.8, 4) is 0 Å². The smallest absolute Gasteiger partial charge is 0.168 e. The average Bonchev–Trinajstić information content (AvgIpc) is 2.69. The standard InChI is InChI=1S/C11H11F2N3S/c1-6-4-15-11(17-6)7(2)16-10-9(13)3-8(12)5-14-10/h3-5,7H,1-2H3,(H,14,16). The molecule has 0 aliphatic heterocycles. The summed E-state index contributed by atoms with van der Waals surface area (Å²) in [6, 6.07) is 0.635. The highest BCUT2D eigenvalue weighted by atomic mass is 32.1. The van der Waals surface area contributed by atoms with Crippen LogP contribution in [0.25, 0.3) is 0 Å². The van der Waals surface area contributed by atoms with E-state index in [4.69, 9.17) is 0 Å². The molecule has 0 saturated heterocycles. The van der Waals surface area contributed by atoms with E-state index in [0.717, 1.165) is 22.1 Å². The number of hydrogen-bond acceptors (Lipinski definition) is 4. The van der Waals surface area contributed by atoms with Gasteiger partial charge >= 0.3 is 0 Å². The summed E-state index contributed by atoms with van der Waals surface area (Å²) in [5.74, 6) is -1.36. The molecule has 6 heteroatoms. The summed E-state index contributed by atoms with van der Waals surface area (Å²) in [4.78, 5) is 8.94. The van der Waals surface area contributed by atoms with Crippen molar-refractivity contribution in [1.29, 1.82) is 0 Å². The van der Waals surface area contributed by atoms with Crippen molar-refractivity contribution in [3.05, 3.63) is 40.0 Å². The van der Waals surface area contributed by atoms with Gasteiger partial charge in [0, 0.05) is 17.1 Å². The molecule has 2 aromatic heterocycles. The minimum Gasteiger partial charge on any atom is -0.359 e. The minimum atomic E-state index is -0.704. The summed E-state index contributed by atoms with van der Waals surface area (Å²) in [5, 5.41) is 3.70. The van der Waals surface area contributed by atoms with Gasteiger partial charge in [-0.2, -0.15) is 0 Å². The van der Waals surface area contributed by atoms with Crippen molar-refractivity contribution >= 4 is 17.2 Å². The lowest BCUT2D eigenvalue weighted by molar-refractivity contribution is 0.574. The second-order valence-corrected chi connectivity index (χ2v) is 4.93. The molecule has 0 amide bonds. The normalized spacial score (nSPS) is 12.5. The lowest BCUT2D eigenvalue weighted by Gasteiger charge is -2.12. The Labute approximate surface area is 102 Å². The molecule has 3 nitrogen and oxygen atoms in total. The number of aryl methyl sites for hydroxylation is 1. The first-order chi connectivity index (χ1) is 8.06. The number of rotatable bonds is 3. The van der Waals surface area contributed by atoms with Crippen molar-refractivity contribution < 1.29 is 8.78 Å². The van der Waals surface area contributed by atoms with Crippen LogP contribution in [0.3, 0.4) is 0 Å². The minimum absolute atomic E-state index is 0.0340. The summed E-state index contributed by atoms with van der Waals surface area (Å²) >= 11 is 1.53. The molecule has 1 atom stereocenters. The molecular formula is C11H11F2N3S. The van der Waals surface area contributed by atoms with Gasteiger partial charge in [0.05, 0.1) is 12.2 Å². The molecule has 0 aliphatic carbocycles. The maximum Gasteiger partial charge on any atom is 0.168 e. The molecule has 2 heterocycles. The SMILES string of the molecule is Cc1cnc(C(C)Nc2ncc(F)cc2F)s1. The van der Waals surface area contributed by atoms with Crippen molar-refractivity contribution in [3.63, 3.8) is 0 Å². The van der Waals surface area contributed by atoms with Crippen LogP contribution in [0.2, 0.25) is 0 Å². The zero-order chi connectivity index (χ0) is 12.4. The maximum atomic E-state index is 13.3. The highest BCUT2D eigenvalue weighted by molar-refractivity contribution is 7.11. The van der Waals surface area contributed by atoms with Crippen LogP contribution in [0, 0.1) is 18.6 Å². The predicted molar refractivity (Wildman–Crippen MR) is 63.0 cm³/mol. The number of anilines is 1. The molecule has 0 fully saturated rings. The average molecular weight is 255 g/mol. The van der Waals surface area contributed by atoms with Gasteiger partial charge in [0.15, 0.2) is 11.6 Å². The van der Waals surface area contributed by atoms with E-state index in [2.05, 4.69) is 15.3 Å². The quantitative estimate of drug-likeness (QED) is 0.914. The molecule has 0 saturated carbocycles. The van der Waals surface area contributed by atoms with Gasteiger partial charge in [-0.25, -0.2) is 18.7 Å². The van der Waals surface area contributed by atoms with E-state index in [0.29, 0.717) is 0 Å². The number of aromatic nitrogens is 2. The van der Waals surface area contributed by atoms with Gasteiger partial charge in [-0.3, -0.25) is 0 Å². The van der Waals surface area contributed by atoms with Crippen molar-refractivity contribution in [1.82, 2.24) is 9.97 Å². The van der Waals surface area contributed by atoms with Crippen LogP contribution in [0.1, 0.15) is 22.9 Å². The molecular weight excluding hydrogens is 244 g/mol. The predicted octanol–water partition coefficient (Wildman–Crippen LogP) is 3.30. The number of hydrogen-bond donors (Lipinski definition) is 1. The van der Waals surface area contributed by atoms with Crippen molar-refractivity contribution in [2.24, 2.45) is 0 Å². The fourth-order valence-electron chi connectivity index (χ4n) is 1.36. The molecule has 0 bridgehead atoms. The van der Waals surface area contributed by atoms with Gasteiger partial charge in [0.25, 0.3) is 0 Å². The van der Waals surface area contributed by atoms with E-state index >= 15 is 0 Å². The summed E-state index contributed by atoms with van der Waals surface area (Å²) in [7, 11) is 0. The first-order valence-electron chi connectivity index (χ1n) is 5.06. The Bertz CT molecular complexity index is 527. The molecule has 0 radical (unpaired) electrons. The Morgan fingerprint density at radius 2 is 2.06 bits per heavy atom. The summed E-state index contributed by atoms with van der Waals surface area (Å²) < 4.78 is 26.0. The van der Waals surface area contributed by atoms with Gasteiger partial charge in [0.1, 0.15) is 10.8 Å². The fraction of sp³-hybridized carbons (Fsp3) is 0.273. The number of halogens is 2. The Kier molecular flexibility index (Phi) is 3.33. The van der Waals surface area contributed by atoms with E-state index < -0.39 is 11.6 Å². The molecule has 90 valence electrons. The van der Waals surface area contributed by atoms with Gasteiger partial charge in [-0.15, -0.1) is 11.3 Å². The number of nitrogens with zero attached hydrogens (tertiary/aromatic N) is 2. The first-order valence-corrected chi connectivity index (χ1v) is 5.88. The Balaban J connectivity index is 2.15. The van der Waals surface area contributed by atoms with Crippen molar-refractivity contribution in [2.45, 2.75) is 19.9 Å². The second-order valence-electron chi connectivity index (χ2n) is 3.66. The molecule has 2 rings (SSSR count). The summed E-state index contributed by atoms with van der Waals surface area (Å²) in [6.45, 7) is 3.80. The third-order valence-electron chi connectivity index (χ3n) is 2.17. The lowest BCUT2D eigenvalue weighted by atomic mass is 10.3. The van der Waals surface area contributed by atoms with E-state index in [1.807, 2.05) is 13.8 Å². The number of nitrogens with one attached hydrogen (secondary N) is 1. The van der Waals surface area contributed by atoms with E-state index in [-0.39, 0.29) is 11.9 Å². The Hall–Kier alpha value is -1.56. The first kappa shape index (κ1) is 11.9. The molecule has 0 aromatic carbocycles. The molecule has 1 N–H and O–H groups in total. The van der Waals surface area contributed by atoms with Gasteiger partial charge < -0.3 is 5.32 Å². The summed E-state index contributed by atoms with van der Waals surface area (Å²) in [5.41, 5.74) is 0. The largest absolute Gasteiger partial charge is 0.359 e. The molecule has 0 aliphatic rings. The van der Waals surface area contributed by atoms with Crippen LogP contribution in [0.5, 0.6) is 0 Å². The monoisotopic (exact) mass is 255 g/mol. The highest BCUT2D eigenvalue weighted by Crippen LogP contribution is 2.23. The van der Waals surface area contributed by atoms with Crippen LogP contribution in [-0.2, 0) is 0 Å². The van der Waals surface area contributed by atoms with Crippen LogP contribution in [-0.4, -0.2) is 9.97 Å². The molecule has 1 unspecified atom stereocenters. The highest BCUT2D eigenvalue weighted by Gasteiger charge is 2.13. The summed E-state index contributed by atoms with van der Waals surface area (Å²) in [6.07, 6.45) is 2.73. The Morgan fingerprint density at radius 1 is 1.29 bits per heavy atom. The fourth-order valence-corrected chi connectivity index (χ4v) is 2.14. The molecule has 17 heavy (non-hydrogen) atoms. The maximum absolute atomic E-state index is 13.3. The third-order valence-corrected chi connectivity index (χ3v) is 3.27. The van der Waals surface area contributed by atoms with E-state index in [9.17, 15) is 8.78 Å². The third kappa shape index (κ3) is 2.76. The van der Waals surface area contributed by atoms with Gasteiger partial charge in [0.2, 0.25) is 0 Å². The number of thiazole rings is 1.